The van der Waals surface area contributed by atoms with Gasteiger partial charge in [-0.2, -0.15) is 0 Å². The van der Waals surface area contributed by atoms with Gasteiger partial charge < -0.3 is 9.84 Å². The van der Waals surface area contributed by atoms with Crippen LogP contribution in [-0.4, -0.2) is 47.8 Å². The molecule has 0 spiro atoms. The van der Waals surface area contributed by atoms with E-state index >= 15 is 0 Å². The van der Waals surface area contributed by atoms with Crippen LogP contribution in [0.2, 0.25) is 0 Å². The first kappa shape index (κ1) is 16.6. The Kier molecular flexibility index (Phi) is 5.65. The van der Waals surface area contributed by atoms with Gasteiger partial charge in [0.2, 0.25) is 0 Å². The molecule has 0 fully saturated rings. The number of likely N-dealkylation sites (N-methyl/N-ethyl adjacent to an activating group) is 1. The summed E-state index contributed by atoms with van der Waals surface area (Å²) in [7, 11) is 3.33. The van der Waals surface area contributed by atoms with E-state index in [1.165, 1.54) is 7.11 Å². The molecule has 1 atom stereocenters. The molecule has 22 heavy (non-hydrogen) atoms. The summed E-state index contributed by atoms with van der Waals surface area (Å²) < 4.78 is 4.68. The molecule has 0 aliphatic rings. The summed E-state index contributed by atoms with van der Waals surface area (Å²) in [4.78, 5) is 18.1. The van der Waals surface area contributed by atoms with Crippen molar-refractivity contribution in [3.8, 4) is 10.6 Å². The fraction of sp³-hybridized carbons (Fsp3) is 0.375. The van der Waals surface area contributed by atoms with Crippen LogP contribution in [-0.2, 0) is 11.3 Å². The number of aliphatic hydroxyl groups excluding tert-OH is 1. The van der Waals surface area contributed by atoms with E-state index in [4.69, 9.17) is 5.11 Å². The van der Waals surface area contributed by atoms with Crippen LogP contribution in [0.15, 0.2) is 29.6 Å². The average molecular weight is 320 g/mol. The zero-order valence-corrected chi connectivity index (χ0v) is 13.8. The van der Waals surface area contributed by atoms with Gasteiger partial charge in [-0.1, -0.05) is 12.1 Å². The summed E-state index contributed by atoms with van der Waals surface area (Å²) in [5.74, 6) is -0.342. The van der Waals surface area contributed by atoms with Crippen LogP contribution >= 0.6 is 11.3 Å². The molecule has 0 aliphatic carbocycles. The van der Waals surface area contributed by atoms with Crippen LogP contribution in [0, 0.1) is 0 Å². The lowest BCUT2D eigenvalue weighted by Gasteiger charge is -2.21. The number of carbonyl (C=O) groups excluding carboxylic acids is 1. The highest BCUT2D eigenvalue weighted by Gasteiger charge is 2.12. The molecule has 0 aliphatic heterocycles. The molecule has 5 nitrogen and oxygen atoms in total. The third-order valence-electron chi connectivity index (χ3n) is 3.53. The lowest BCUT2D eigenvalue weighted by molar-refractivity contribution is 0.0601. The standard InChI is InChI=1S/C16H20N2O3S/c1-11(9-19)18(2)8-14-10-22-15(17-14)12-4-6-13(7-5-12)16(20)21-3/h4-7,10-11,19H,8-9H2,1-3H3. The third-order valence-corrected chi connectivity index (χ3v) is 4.47. The van der Waals surface area contributed by atoms with E-state index in [1.54, 1.807) is 23.5 Å². The molecule has 1 aromatic carbocycles. The largest absolute Gasteiger partial charge is 0.465 e. The number of carbonyl (C=O) groups is 1. The minimum absolute atomic E-state index is 0.101. The Morgan fingerprint density at radius 1 is 1.41 bits per heavy atom. The molecule has 2 aromatic rings. The highest BCUT2D eigenvalue weighted by Crippen LogP contribution is 2.24. The Hall–Kier alpha value is -1.76. The maximum absolute atomic E-state index is 11.4. The van der Waals surface area contributed by atoms with Gasteiger partial charge in [-0.05, 0) is 26.1 Å². The van der Waals surface area contributed by atoms with E-state index < -0.39 is 0 Å². The number of hydrogen-bond acceptors (Lipinski definition) is 6. The Morgan fingerprint density at radius 2 is 2.09 bits per heavy atom. The van der Waals surface area contributed by atoms with Gasteiger partial charge in [0.1, 0.15) is 5.01 Å². The minimum atomic E-state index is -0.342. The highest BCUT2D eigenvalue weighted by atomic mass is 32.1. The smallest absolute Gasteiger partial charge is 0.337 e. The zero-order chi connectivity index (χ0) is 16.1. The summed E-state index contributed by atoms with van der Waals surface area (Å²) in [6, 6.07) is 7.32. The summed E-state index contributed by atoms with van der Waals surface area (Å²) in [6.45, 7) is 2.79. The van der Waals surface area contributed by atoms with Crippen molar-refractivity contribution in [2.45, 2.75) is 19.5 Å². The van der Waals surface area contributed by atoms with Gasteiger partial charge in [0.15, 0.2) is 0 Å². The average Bonchev–Trinajstić information content (AvgIpc) is 3.01. The number of rotatable bonds is 6. The van der Waals surface area contributed by atoms with Crippen molar-refractivity contribution in [3.63, 3.8) is 0 Å². The van der Waals surface area contributed by atoms with Crippen molar-refractivity contribution in [1.29, 1.82) is 0 Å². The fourth-order valence-corrected chi connectivity index (χ4v) is 2.75. The van der Waals surface area contributed by atoms with E-state index in [0.29, 0.717) is 12.1 Å². The SMILES string of the molecule is COC(=O)c1ccc(-c2nc(CN(C)C(C)CO)cs2)cc1. The van der Waals surface area contributed by atoms with Crippen LogP contribution in [0.25, 0.3) is 10.6 Å². The molecule has 2 rings (SSSR count). The van der Waals surface area contributed by atoms with Gasteiger partial charge in [0.05, 0.1) is 25.0 Å². The van der Waals surface area contributed by atoms with Crippen LogP contribution in [0.1, 0.15) is 23.0 Å². The maximum Gasteiger partial charge on any atom is 0.337 e. The molecule has 0 radical (unpaired) electrons. The van der Waals surface area contributed by atoms with E-state index in [2.05, 4.69) is 14.6 Å². The molecule has 1 N–H and O–H groups in total. The number of aliphatic hydroxyl groups is 1. The fourth-order valence-electron chi connectivity index (χ4n) is 1.93. The van der Waals surface area contributed by atoms with Crippen molar-refractivity contribution in [1.82, 2.24) is 9.88 Å². The van der Waals surface area contributed by atoms with Gasteiger partial charge in [-0.15, -0.1) is 11.3 Å². The van der Waals surface area contributed by atoms with Crippen molar-refractivity contribution in [2.24, 2.45) is 0 Å². The maximum atomic E-state index is 11.4. The lowest BCUT2D eigenvalue weighted by Crippen LogP contribution is -2.31. The van der Waals surface area contributed by atoms with Crippen LogP contribution in [0.5, 0.6) is 0 Å². The number of nitrogens with zero attached hydrogens (tertiary/aromatic N) is 2. The summed E-state index contributed by atoms with van der Waals surface area (Å²) in [5.41, 5.74) is 2.47. The van der Waals surface area contributed by atoms with Crippen molar-refractivity contribution >= 4 is 17.3 Å². The summed E-state index contributed by atoms with van der Waals surface area (Å²) in [5, 5.41) is 12.1. The van der Waals surface area contributed by atoms with Gasteiger partial charge in [-0.25, -0.2) is 9.78 Å². The van der Waals surface area contributed by atoms with Crippen LogP contribution in [0.3, 0.4) is 0 Å². The van der Waals surface area contributed by atoms with Gasteiger partial charge in [0.25, 0.3) is 0 Å². The van der Waals surface area contributed by atoms with Crippen molar-refractivity contribution in [2.75, 3.05) is 20.8 Å². The van der Waals surface area contributed by atoms with Gasteiger partial charge in [0, 0.05) is 23.5 Å². The summed E-state index contributed by atoms with van der Waals surface area (Å²) >= 11 is 1.57. The Morgan fingerprint density at radius 3 is 2.68 bits per heavy atom. The molecule has 1 aromatic heterocycles. The predicted octanol–water partition coefficient (Wildman–Crippen LogP) is 2.41. The van der Waals surface area contributed by atoms with E-state index in [-0.39, 0.29) is 18.6 Å². The van der Waals surface area contributed by atoms with Crippen molar-refractivity contribution < 1.29 is 14.6 Å². The molecule has 1 unspecified atom stereocenters. The predicted molar refractivity (Wildman–Crippen MR) is 86.9 cm³/mol. The zero-order valence-electron chi connectivity index (χ0n) is 12.9. The molecule has 118 valence electrons. The first-order chi connectivity index (χ1) is 10.5. The number of esters is 1. The normalized spacial score (nSPS) is 12.4. The van der Waals surface area contributed by atoms with Gasteiger partial charge >= 0.3 is 5.97 Å². The quantitative estimate of drug-likeness (QED) is 0.828. The van der Waals surface area contributed by atoms with E-state index in [1.807, 2.05) is 31.5 Å². The van der Waals surface area contributed by atoms with E-state index in [0.717, 1.165) is 16.3 Å². The Labute approximate surface area is 134 Å². The second-order valence-corrected chi connectivity index (χ2v) is 6.02. The minimum Gasteiger partial charge on any atom is -0.465 e. The Balaban J connectivity index is 2.09. The van der Waals surface area contributed by atoms with Gasteiger partial charge in [-0.3, -0.25) is 4.90 Å². The molecular weight excluding hydrogens is 300 g/mol. The molecule has 0 bridgehead atoms. The molecule has 0 amide bonds. The number of ether oxygens (including phenoxy) is 1. The Bertz CT molecular complexity index is 625. The van der Waals surface area contributed by atoms with Crippen molar-refractivity contribution in [3.05, 3.63) is 40.9 Å². The highest BCUT2D eigenvalue weighted by molar-refractivity contribution is 7.13. The lowest BCUT2D eigenvalue weighted by atomic mass is 10.1. The second-order valence-electron chi connectivity index (χ2n) is 5.16. The number of methoxy groups -OCH3 is 1. The van der Waals surface area contributed by atoms with E-state index in [9.17, 15) is 4.79 Å². The molecule has 1 heterocycles. The number of benzene rings is 1. The number of hydrogen-bond donors (Lipinski definition) is 1. The summed E-state index contributed by atoms with van der Waals surface area (Å²) in [6.07, 6.45) is 0. The molecule has 6 heteroatoms. The third kappa shape index (κ3) is 3.91. The van der Waals surface area contributed by atoms with Crippen LogP contribution < -0.4 is 0 Å². The second kappa shape index (κ2) is 7.49. The monoisotopic (exact) mass is 320 g/mol. The number of thiazole rings is 1. The topological polar surface area (TPSA) is 62.7 Å². The molecule has 0 saturated heterocycles. The molecular formula is C16H20N2O3S. The number of aromatic nitrogens is 1. The van der Waals surface area contributed by atoms with Crippen LogP contribution in [0.4, 0.5) is 0 Å². The molecule has 0 saturated carbocycles. The first-order valence-electron chi connectivity index (χ1n) is 6.99. The first-order valence-corrected chi connectivity index (χ1v) is 7.87.